The number of para-hydroxylation sites is 1. The van der Waals surface area contributed by atoms with Gasteiger partial charge in [-0.1, -0.05) is 18.2 Å². The van der Waals surface area contributed by atoms with Gasteiger partial charge in [-0.3, -0.25) is 20.4 Å². The van der Waals surface area contributed by atoms with Crippen LogP contribution in [0, 0.1) is 0 Å². The van der Waals surface area contributed by atoms with Gasteiger partial charge >= 0.3 is 5.91 Å². The Bertz CT molecular complexity index is 716. The van der Waals surface area contributed by atoms with Crippen molar-refractivity contribution in [1.82, 2.24) is 10.9 Å². The largest absolute Gasteiger partial charge is 0.486 e. The summed E-state index contributed by atoms with van der Waals surface area (Å²) in [5.41, 5.74) is 4.58. The Morgan fingerprint density at radius 3 is 2.59 bits per heavy atom. The first-order valence-corrected chi connectivity index (χ1v) is 8.66. The van der Waals surface area contributed by atoms with Gasteiger partial charge in [-0.05, 0) is 38.1 Å². The molecule has 2 N–H and O–H groups in total. The van der Waals surface area contributed by atoms with Gasteiger partial charge in [0.05, 0.1) is 13.2 Å². The summed E-state index contributed by atoms with van der Waals surface area (Å²) < 4.78 is 21.4. The van der Waals surface area contributed by atoms with Crippen LogP contribution in [0.5, 0.6) is 5.75 Å². The molecule has 0 saturated carbocycles. The molecule has 2 amide bonds. The number of ether oxygens (including phenoxy) is 3. The van der Waals surface area contributed by atoms with Crippen LogP contribution in [-0.4, -0.2) is 37.7 Å². The molecule has 0 radical (unpaired) electrons. The SMILES string of the molecule is CCOCCOC(C)C(=O)NNC(=O)c1ccc(COc2ccccc2)o1. The molecule has 27 heavy (non-hydrogen) atoms. The molecule has 1 atom stereocenters. The summed E-state index contributed by atoms with van der Waals surface area (Å²) >= 11 is 0. The van der Waals surface area contributed by atoms with Crippen LogP contribution < -0.4 is 15.6 Å². The number of hydrazine groups is 1. The van der Waals surface area contributed by atoms with Crippen LogP contribution in [0.2, 0.25) is 0 Å². The van der Waals surface area contributed by atoms with Gasteiger partial charge in [-0.25, -0.2) is 0 Å². The van der Waals surface area contributed by atoms with Crippen LogP contribution in [0.3, 0.4) is 0 Å². The highest BCUT2D eigenvalue weighted by atomic mass is 16.5. The third-order valence-corrected chi connectivity index (χ3v) is 3.48. The van der Waals surface area contributed by atoms with Crippen molar-refractivity contribution in [1.29, 1.82) is 0 Å². The lowest BCUT2D eigenvalue weighted by Crippen LogP contribution is -2.46. The van der Waals surface area contributed by atoms with E-state index in [2.05, 4.69) is 10.9 Å². The molecular weight excluding hydrogens is 352 g/mol. The number of carbonyl (C=O) groups excluding carboxylic acids is 2. The molecule has 1 unspecified atom stereocenters. The topological polar surface area (TPSA) is 99.0 Å². The van der Waals surface area contributed by atoms with E-state index < -0.39 is 17.9 Å². The van der Waals surface area contributed by atoms with E-state index in [-0.39, 0.29) is 12.4 Å². The van der Waals surface area contributed by atoms with Crippen LogP contribution in [0.4, 0.5) is 0 Å². The number of furan rings is 1. The van der Waals surface area contributed by atoms with Crippen molar-refractivity contribution in [3.05, 3.63) is 54.0 Å². The molecule has 1 aromatic carbocycles. The van der Waals surface area contributed by atoms with E-state index in [4.69, 9.17) is 18.6 Å². The van der Waals surface area contributed by atoms with E-state index in [1.807, 2.05) is 37.3 Å². The highest BCUT2D eigenvalue weighted by molar-refractivity contribution is 5.93. The van der Waals surface area contributed by atoms with E-state index in [9.17, 15) is 9.59 Å². The summed E-state index contributed by atoms with van der Waals surface area (Å²) in [5, 5.41) is 0. The second kappa shape index (κ2) is 11.0. The molecule has 0 spiro atoms. The van der Waals surface area contributed by atoms with Crippen LogP contribution in [0.1, 0.15) is 30.2 Å². The summed E-state index contributed by atoms with van der Waals surface area (Å²) in [7, 11) is 0. The summed E-state index contributed by atoms with van der Waals surface area (Å²) in [5.74, 6) is 0.204. The van der Waals surface area contributed by atoms with Gasteiger partial charge in [0.25, 0.3) is 5.91 Å². The first kappa shape index (κ1) is 20.5. The highest BCUT2D eigenvalue weighted by Gasteiger charge is 2.16. The lowest BCUT2D eigenvalue weighted by molar-refractivity contribution is -0.133. The zero-order chi connectivity index (χ0) is 19.5. The van der Waals surface area contributed by atoms with Crippen LogP contribution >= 0.6 is 0 Å². The van der Waals surface area contributed by atoms with E-state index in [0.717, 1.165) is 0 Å². The Hall–Kier alpha value is -2.84. The Morgan fingerprint density at radius 1 is 1.07 bits per heavy atom. The molecule has 8 nitrogen and oxygen atoms in total. The average molecular weight is 376 g/mol. The zero-order valence-corrected chi connectivity index (χ0v) is 15.4. The van der Waals surface area contributed by atoms with E-state index in [0.29, 0.717) is 31.3 Å². The van der Waals surface area contributed by atoms with Crippen LogP contribution in [-0.2, 0) is 20.9 Å². The summed E-state index contributed by atoms with van der Waals surface area (Å²) in [6.07, 6.45) is -0.725. The van der Waals surface area contributed by atoms with Gasteiger partial charge in [0, 0.05) is 6.61 Å². The smallest absolute Gasteiger partial charge is 0.305 e. The number of nitrogens with one attached hydrogen (secondary N) is 2. The Morgan fingerprint density at radius 2 is 1.85 bits per heavy atom. The minimum atomic E-state index is -0.725. The van der Waals surface area contributed by atoms with Gasteiger partial charge < -0.3 is 18.6 Å². The number of carbonyl (C=O) groups is 2. The number of amides is 2. The van der Waals surface area contributed by atoms with Crippen molar-refractivity contribution in [3.63, 3.8) is 0 Å². The van der Waals surface area contributed by atoms with Crippen molar-refractivity contribution in [2.75, 3.05) is 19.8 Å². The maximum atomic E-state index is 12.0. The highest BCUT2D eigenvalue weighted by Crippen LogP contribution is 2.13. The van der Waals surface area contributed by atoms with Gasteiger partial charge in [0.1, 0.15) is 24.2 Å². The van der Waals surface area contributed by atoms with E-state index >= 15 is 0 Å². The number of hydrogen-bond acceptors (Lipinski definition) is 6. The summed E-state index contributed by atoms with van der Waals surface area (Å²) in [6, 6.07) is 12.4. The zero-order valence-electron chi connectivity index (χ0n) is 15.4. The van der Waals surface area contributed by atoms with Crippen LogP contribution in [0.25, 0.3) is 0 Å². The lowest BCUT2D eigenvalue weighted by atomic mass is 10.3. The molecule has 1 heterocycles. The number of benzene rings is 1. The van der Waals surface area contributed by atoms with Gasteiger partial charge in [0.15, 0.2) is 5.76 Å². The maximum absolute atomic E-state index is 12.0. The maximum Gasteiger partial charge on any atom is 0.305 e. The average Bonchev–Trinajstić information content (AvgIpc) is 3.17. The molecule has 0 fully saturated rings. The van der Waals surface area contributed by atoms with Gasteiger partial charge in [-0.15, -0.1) is 0 Å². The van der Waals surface area contributed by atoms with Gasteiger partial charge in [-0.2, -0.15) is 0 Å². The minimum Gasteiger partial charge on any atom is -0.486 e. The predicted octanol–water partition coefficient (Wildman–Crippen LogP) is 2.06. The number of hydrogen-bond donors (Lipinski definition) is 2. The lowest BCUT2D eigenvalue weighted by Gasteiger charge is -2.13. The molecule has 2 rings (SSSR count). The predicted molar refractivity (Wildman–Crippen MR) is 97.0 cm³/mol. The second-order valence-electron chi connectivity index (χ2n) is 5.52. The second-order valence-corrected chi connectivity index (χ2v) is 5.52. The number of rotatable bonds is 10. The molecule has 0 aliphatic rings. The fourth-order valence-electron chi connectivity index (χ4n) is 2.03. The first-order chi connectivity index (χ1) is 13.1. The molecule has 0 saturated heterocycles. The van der Waals surface area contributed by atoms with E-state index in [1.54, 1.807) is 13.0 Å². The van der Waals surface area contributed by atoms with Crippen molar-refractivity contribution in [2.24, 2.45) is 0 Å². The minimum absolute atomic E-state index is 0.0619. The summed E-state index contributed by atoms with van der Waals surface area (Å²) in [6.45, 7) is 4.93. The van der Waals surface area contributed by atoms with E-state index in [1.165, 1.54) is 6.07 Å². The molecule has 0 aliphatic carbocycles. The van der Waals surface area contributed by atoms with Crippen molar-refractivity contribution in [3.8, 4) is 5.75 Å². The molecule has 0 bridgehead atoms. The fourth-order valence-corrected chi connectivity index (χ4v) is 2.03. The van der Waals surface area contributed by atoms with Crippen LogP contribution in [0.15, 0.2) is 46.9 Å². The molecule has 146 valence electrons. The summed E-state index contributed by atoms with van der Waals surface area (Å²) in [4.78, 5) is 23.9. The normalized spacial score (nSPS) is 11.6. The Balaban J connectivity index is 1.72. The van der Waals surface area contributed by atoms with Crippen molar-refractivity contribution in [2.45, 2.75) is 26.6 Å². The van der Waals surface area contributed by atoms with Gasteiger partial charge in [0.2, 0.25) is 0 Å². The molecule has 0 aliphatic heterocycles. The Kier molecular flexibility index (Phi) is 8.34. The molecular formula is C19H24N2O6. The Labute approximate surface area is 157 Å². The van der Waals surface area contributed by atoms with Crippen molar-refractivity contribution < 1.29 is 28.2 Å². The quantitative estimate of drug-likeness (QED) is 0.486. The molecule has 1 aromatic heterocycles. The standard InChI is InChI=1S/C19H24N2O6/c1-3-24-11-12-25-14(2)18(22)20-21-19(23)17-10-9-16(27-17)13-26-15-7-5-4-6-8-15/h4-10,14H,3,11-13H2,1-2H3,(H,20,22)(H,21,23). The fraction of sp³-hybridized carbons (Fsp3) is 0.368. The first-order valence-electron chi connectivity index (χ1n) is 8.66. The third-order valence-electron chi connectivity index (χ3n) is 3.48. The van der Waals surface area contributed by atoms with Crippen molar-refractivity contribution >= 4 is 11.8 Å². The molecule has 2 aromatic rings. The third kappa shape index (κ3) is 7.12. The molecule has 8 heteroatoms. The monoisotopic (exact) mass is 376 g/mol.